The van der Waals surface area contributed by atoms with E-state index in [0.717, 1.165) is 11.4 Å². The van der Waals surface area contributed by atoms with Crippen molar-refractivity contribution in [2.45, 2.75) is 23.3 Å². The van der Waals surface area contributed by atoms with E-state index in [0.29, 0.717) is 37.1 Å². The molecule has 0 amide bonds. The Bertz CT molecular complexity index is 1580. The fourth-order valence-electron chi connectivity index (χ4n) is 5.03. The number of halogens is 1. The molecule has 1 spiro atoms. The number of sulfonamides is 1. The summed E-state index contributed by atoms with van der Waals surface area (Å²) in [6.07, 6.45) is 2.99. The van der Waals surface area contributed by atoms with E-state index in [9.17, 15) is 17.6 Å². The van der Waals surface area contributed by atoms with E-state index in [2.05, 4.69) is 5.32 Å². The van der Waals surface area contributed by atoms with Crippen LogP contribution in [0.4, 0.5) is 10.1 Å². The molecule has 8 nitrogen and oxygen atoms in total. The number of nitrogens with one attached hydrogen (secondary N) is 1. The van der Waals surface area contributed by atoms with Gasteiger partial charge in [-0.2, -0.15) is 4.31 Å². The van der Waals surface area contributed by atoms with Crippen LogP contribution in [0.15, 0.2) is 68.8 Å². The molecule has 6 rings (SSSR count). The van der Waals surface area contributed by atoms with Crippen molar-refractivity contribution in [1.29, 1.82) is 0 Å². The molecule has 0 aliphatic carbocycles. The molecule has 2 aromatic carbocycles. The SMILES string of the molecule is Cn1c(=O)oc2cc(S(=O)(=O)N3CCC4(CC3)Nc3cc(F)ccc3-n3cccc34)ccc21. The van der Waals surface area contributed by atoms with E-state index in [1.54, 1.807) is 19.2 Å². The number of nitrogens with zero attached hydrogens (tertiary/aromatic N) is 3. The number of hydrogen-bond donors (Lipinski definition) is 1. The molecule has 1 fully saturated rings. The Morgan fingerprint density at radius 3 is 2.67 bits per heavy atom. The average molecular weight is 469 g/mol. The molecular weight excluding hydrogens is 447 g/mol. The van der Waals surface area contributed by atoms with E-state index in [-0.39, 0.29) is 16.3 Å². The van der Waals surface area contributed by atoms with Crippen molar-refractivity contribution < 1.29 is 17.2 Å². The second-order valence-electron chi connectivity index (χ2n) is 8.59. The summed E-state index contributed by atoms with van der Waals surface area (Å²) < 4.78 is 50.6. The zero-order valence-corrected chi connectivity index (χ0v) is 18.6. The standard InChI is InChI=1S/C23H21FN4O4S/c1-26-19-7-5-16(14-20(19)32-22(26)29)33(30,31)27-11-8-23(9-12-27)21-3-2-10-28(21)18-6-4-15(24)13-17(18)25-23/h2-7,10,13-14,25H,8-9,11-12H2,1H3. The minimum atomic E-state index is -3.78. The molecule has 1 saturated heterocycles. The van der Waals surface area contributed by atoms with E-state index in [1.807, 2.05) is 22.9 Å². The van der Waals surface area contributed by atoms with E-state index in [4.69, 9.17) is 4.42 Å². The first kappa shape index (κ1) is 20.3. The van der Waals surface area contributed by atoms with Crippen LogP contribution in [0.25, 0.3) is 16.8 Å². The summed E-state index contributed by atoms with van der Waals surface area (Å²) in [5.41, 5.74) is 2.88. The van der Waals surface area contributed by atoms with E-state index < -0.39 is 21.3 Å². The lowest BCUT2D eigenvalue weighted by Gasteiger charge is -2.45. The van der Waals surface area contributed by atoms with E-state index >= 15 is 0 Å². The van der Waals surface area contributed by atoms with Gasteiger partial charge in [-0.15, -0.1) is 0 Å². The van der Waals surface area contributed by atoms with Gasteiger partial charge in [0.15, 0.2) is 5.58 Å². The number of piperidine rings is 1. The van der Waals surface area contributed by atoms with Gasteiger partial charge in [0, 0.05) is 38.1 Å². The van der Waals surface area contributed by atoms with Crippen LogP contribution in [-0.2, 0) is 22.6 Å². The quantitative estimate of drug-likeness (QED) is 0.488. The van der Waals surface area contributed by atoms with Gasteiger partial charge in [-0.1, -0.05) is 0 Å². The smallest absolute Gasteiger partial charge is 0.408 e. The topological polar surface area (TPSA) is 89.5 Å². The highest BCUT2D eigenvalue weighted by molar-refractivity contribution is 7.89. The molecule has 170 valence electrons. The second kappa shape index (κ2) is 6.82. The van der Waals surface area contributed by atoms with Crippen LogP contribution in [0, 0.1) is 5.82 Å². The summed E-state index contributed by atoms with van der Waals surface area (Å²) in [4.78, 5) is 11.9. The van der Waals surface area contributed by atoms with Crippen molar-refractivity contribution >= 4 is 26.8 Å². The number of anilines is 1. The lowest BCUT2D eigenvalue weighted by atomic mass is 9.83. The van der Waals surface area contributed by atoms with Crippen LogP contribution in [-0.4, -0.2) is 34.9 Å². The molecule has 2 aliphatic heterocycles. The number of benzene rings is 2. The van der Waals surface area contributed by atoms with Crippen LogP contribution in [0.3, 0.4) is 0 Å². The Morgan fingerprint density at radius 2 is 1.88 bits per heavy atom. The number of aryl methyl sites for hydroxylation is 1. The minimum absolute atomic E-state index is 0.0905. The molecule has 0 bridgehead atoms. The molecular formula is C23H21FN4O4S. The van der Waals surface area contributed by atoms with Gasteiger partial charge in [0.2, 0.25) is 10.0 Å². The third kappa shape index (κ3) is 2.90. The van der Waals surface area contributed by atoms with Crippen molar-refractivity contribution in [3.05, 3.63) is 76.8 Å². The number of rotatable bonds is 2. The molecule has 10 heteroatoms. The lowest BCUT2D eigenvalue weighted by Crippen LogP contribution is -2.51. The van der Waals surface area contributed by atoms with E-state index in [1.165, 1.54) is 33.1 Å². The number of oxazole rings is 1. The zero-order valence-electron chi connectivity index (χ0n) is 17.8. The number of aromatic nitrogens is 2. The third-order valence-corrected chi connectivity index (χ3v) is 8.70. The molecule has 4 heterocycles. The number of fused-ring (bicyclic) bond motifs is 5. The molecule has 4 aromatic rings. The molecule has 1 N–H and O–H groups in total. The highest BCUT2D eigenvalue weighted by Crippen LogP contribution is 2.44. The summed E-state index contributed by atoms with van der Waals surface area (Å²) in [6, 6.07) is 13.1. The van der Waals surface area contributed by atoms with Crippen LogP contribution in [0.2, 0.25) is 0 Å². The second-order valence-corrected chi connectivity index (χ2v) is 10.5. The fraction of sp³-hybridized carbons (Fsp3) is 0.261. The van der Waals surface area contributed by atoms with Crippen molar-refractivity contribution in [3.63, 3.8) is 0 Å². The fourth-order valence-corrected chi connectivity index (χ4v) is 6.49. The van der Waals surface area contributed by atoms with Crippen LogP contribution in [0.5, 0.6) is 0 Å². The lowest BCUT2D eigenvalue weighted by molar-refractivity contribution is 0.247. The van der Waals surface area contributed by atoms with Gasteiger partial charge < -0.3 is 14.3 Å². The van der Waals surface area contributed by atoms with Crippen molar-refractivity contribution in [2.75, 3.05) is 18.4 Å². The zero-order chi connectivity index (χ0) is 23.0. The van der Waals surface area contributed by atoms with Gasteiger partial charge in [0.1, 0.15) is 5.82 Å². The van der Waals surface area contributed by atoms with Crippen molar-refractivity contribution in [1.82, 2.24) is 13.4 Å². The maximum absolute atomic E-state index is 13.9. The monoisotopic (exact) mass is 468 g/mol. The Kier molecular flexibility index (Phi) is 4.18. The molecule has 0 radical (unpaired) electrons. The first-order valence-corrected chi connectivity index (χ1v) is 12.1. The highest BCUT2D eigenvalue weighted by Gasteiger charge is 2.44. The highest BCUT2D eigenvalue weighted by atomic mass is 32.2. The number of hydrogen-bond acceptors (Lipinski definition) is 5. The van der Waals surface area contributed by atoms with Gasteiger partial charge in [-0.3, -0.25) is 4.57 Å². The van der Waals surface area contributed by atoms with Crippen molar-refractivity contribution in [2.24, 2.45) is 7.05 Å². The van der Waals surface area contributed by atoms with Crippen LogP contribution >= 0.6 is 0 Å². The summed E-state index contributed by atoms with van der Waals surface area (Å²) >= 11 is 0. The van der Waals surface area contributed by atoms with Gasteiger partial charge in [-0.05, 0) is 55.3 Å². The normalized spacial score (nSPS) is 17.6. The summed E-state index contributed by atoms with van der Waals surface area (Å²) in [5, 5.41) is 3.51. The van der Waals surface area contributed by atoms with Crippen LogP contribution in [0.1, 0.15) is 18.5 Å². The van der Waals surface area contributed by atoms with Crippen molar-refractivity contribution in [3.8, 4) is 5.69 Å². The Morgan fingerprint density at radius 1 is 1.09 bits per heavy atom. The maximum Gasteiger partial charge on any atom is 0.419 e. The Hall–Kier alpha value is -3.37. The Labute approximate surface area is 188 Å². The first-order valence-electron chi connectivity index (χ1n) is 10.6. The maximum atomic E-state index is 13.9. The largest absolute Gasteiger partial charge is 0.419 e. The van der Waals surface area contributed by atoms with Crippen LogP contribution < -0.4 is 11.1 Å². The van der Waals surface area contributed by atoms with Gasteiger partial charge >= 0.3 is 5.76 Å². The predicted octanol–water partition coefficient (Wildman–Crippen LogP) is 3.17. The molecule has 2 aromatic heterocycles. The molecule has 33 heavy (non-hydrogen) atoms. The average Bonchev–Trinajstić information content (AvgIpc) is 3.40. The third-order valence-electron chi connectivity index (χ3n) is 6.81. The van der Waals surface area contributed by atoms with Gasteiger partial charge in [0.05, 0.1) is 27.3 Å². The minimum Gasteiger partial charge on any atom is -0.408 e. The predicted molar refractivity (Wildman–Crippen MR) is 120 cm³/mol. The molecule has 0 atom stereocenters. The molecule has 0 saturated carbocycles. The Balaban J connectivity index is 1.31. The molecule has 2 aliphatic rings. The summed E-state index contributed by atoms with van der Waals surface area (Å²) in [7, 11) is -2.20. The summed E-state index contributed by atoms with van der Waals surface area (Å²) in [6.45, 7) is 0.587. The van der Waals surface area contributed by atoms with Gasteiger partial charge in [0.25, 0.3) is 0 Å². The van der Waals surface area contributed by atoms with Gasteiger partial charge in [-0.25, -0.2) is 17.6 Å². The summed E-state index contributed by atoms with van der Waals surface area (Å²) in [5.74, 6) is -0.863. The first-order chi connectivity index (χ1) is 15.8. The molecule has 0 unspecified atom stereocenters.